The molecule has 1 aromatic heterocycles. The number of H-pyrrole nitrogens is 1. The van der Waals surface area contributed by atoms with E-state index in [9.17, 15) is 0 Å². The number of hydrogen-bond donors (Lipinski definition) is 1. The number of rotatable bonds is 2. The molecule has 1 N–H and O–H groups in total. The highest BCUT2D eigenvalue weighted by Crippen LogP contribution is 2.13. The van der Waals surface area contributed by atoms with Gasteiger partial charge in [0.1, 0.15) is 0 Å². The Bertz CT molecular complexity index is 493. The maximum Gasteiger partial charge on any atom is 0.204 e. The largest absolute Gasteiger partial charge is 0.204 e. The van der Waals surface area contributed by atoms with E-state index in [1.807, 2.05) is 24.3 Å². The van der Waals surface area contributed by atoms with Crippen LogP contribution < -0.4 is 0 Å². The third-order valence-corrected chi connectivity index (χ3v) is 2.34. The van der Waals surface area contributed by atoms with Crippen LogP contribution in [0.2, 0.25) is 0 Å². The van der Waals surface area contributed by atoms with Crippen LogP contribution in [0.3, 0.4) is 0 Å². The highest BCUT2D eigenvalue weighted by molar-refractivity contribution is 9.09. The highest BCUT2D eigenvalue weighted by atomic mass is 79.9. The molecule has 2 rings (SSSR count). The van der Waals surface area contributed by atoms with Crippen LogP contribution in [0.15, 0.2) is 24.3 Å². The number of tetrazole rings is 1. The molecule has 0 aliphatic heterocycles. The molecule has 4 nitrogen and oxygen atoms in total. The number of hydrogen-bond acceptors (Lipinski definition) is 3. The minimum absolute atomic E-state index is 0.597. The van der Waals surface area contributed by atoms with E-state index in [2.05, 4.69) is 48.4 Å². The lowest BCUT2D eigenvalue weighted by Crippen LogP contribution is -1.81. The van der Waals surface area contributed by atoms with Crippen molar-refractivity contribution in [2.45, 2.75) is 6.42 Å². The topological polar surface area (TPSA) is 54.5 Å². The lowest BCUT2D eigenvalue weighted by molar-refractivity contribution is 0.881. The van der Waals surface area contributed by atoms with Gasteiger partial charge in [0.25, 0.3) is 0 Å². The molecule has 0 amide bonds. The number of benzene rings is 1. The molecule has 0 saturated heterocycles. The van der Waals surface area contributed by atoms with Gasteiger partial charge in [0.2, 0.25) is 5.82 Å². The molecule has 0 unspecified atom stereocenters. The number of alkyl halides is 1. The number of nitrogens with zero attached hydrogens (tertiary/aromatic N) is 3. The Labute approximate surface area is 102 Å². The average molecular weight is 277 g/mol. The van der Waals surface area contributed by atoms with Crippen LogP contribution in [0.25, 0.3) is 11.4 Å². The Hall–Kier alpha value is -1.67. The Balaban J connectivity index is 2.15. The lowest BCUT2D eigenvalue weighted by atomic mass is 10.1. The maximum absolute atomic E-state index is 3.90. The second-order valence-electron chi connectivity index (χ2n) is 3.05. The van der Waals surface area contributed by atoms with Gasteiger partial charge in [-0.3, -0.25) is 0 Å². The maximum atomic E-state index is 3.90. The minimum atomic E-state index is 0.597. The summed E-state index contributed by atoms with van der Waals surface area (Å²) in [5.41, 5.74) is 1.92. The van der Waals surface area contributed by atoms with Crippen molar-refractivity contribution >= 4 is 15.9 Å². The molecule has 80 valence electrons. The van der Waals surface area contributed by atoms with E-state index in [1.54, 1.807) is 0 Å². The fourth-order valence-corrected chi connectivity index (χ4v) is 1.40. The molecule has 0 aliphatic rings. The monoisotopic (exact) mass is 276 g/mol. The summed E-state index contributed by atoms with van der Waals surface area (Å²) in [7, 11) is 0. The molecule has 16 heavy (non-hydrogen) atoms. The van der Waals surface area contributed by atoms with Gasteiger partial charge in [-0.05, 0) is 29.5 Å². The van der Waals surface area contributed by atoms with Crippen molar-refractivity contribution in [1.29, 1.82) is 0 Å². The van der Waals surface area contributed by atoms with E-state index in [0.29, 0.717) is 5.82 Å². The van der Waals surface area contributed by atoms with Crippen LogP contribution in [0.5, 0.6) is 0 Å². The Morgan fingerprint density at radius 3 is 2.69 bits per heavy atom. The molecular weight excluding hydrogens is 268 g/mol. The summed E-state index contributed by atoms with van der Waals surface area (Å²) in [5, 5.41) is 14.6. The lowest BCUT2D eigenvalue weighted by Gasteiger charge is -1.94. The van der Waals surface area contributed by atoms with Crippen molar-refractivity contribution in [2.75, 3.05) is 5.33 Å². The smallest absolute Gasteiger partial charge is 0.177 e. The van der Waals surface area contributed by atoms with Crippen molar-refractivity contribution in [1.82, 2.24) is 20.6 Å². The summed E-state index contributed by atoms with van der Waals surface area (Å²) in [6.45, 7) is 0. The second kappa shape index (κ2) is 5.42. The molecule has 1 aromatic carbocycles. The van der Waals surface area contributed by atoms with Gasteiger partial charge in [0.15, 0.2) is 0 Å². The summed E-state index contributed by atoms with van der Waals surface area (Å²) in [6, 6.07) is 7.77. The van der Waals surface area contributed by atoms with Crippen LogP contribution >= 0.6 is 15.9 Å². The van der Waals surface area contributed by atoms with Crippen molar-refractivity contribution in [3.05, 3.63) is 29.8 Å². The van der Waals surface area contributed by atoms with E-state index in [0.717, 1.165) is 22.9 Å². The molecule has 0 aliphatic carbocycles. The molecule has 5 heteroatoms. The van der Waals surface area contributed by atoms with E-state index in [4.69, 9.17) is 0 Å². The van der Waals surface area contributed by atoms with Crippen LogP contribution in [0.1, 0.15) is 12.0 Å². The summed E-state index contributed by atoms with van der Waals surface area (Å²) >= 11 is 3.33. The summed E-state index contributed by atoms with van der Waals surface area (Å²) in [6.07, 6.45) is 0.854. The molecule has 1 heterocycles. The highest BCUT2D eigenvalue weighted by Gasteiger charge is 2.00. The summed E-state index contributed by atoms with van der Waals surface area (Å²) in [4.78, 5) is 0. The number of aromatic nitrogens is 4. The fourth-order valence-electron chi connectivity index (χ4n) is 1.20. The SMILES string of the molecule is BrCCC#Cc1ccc(-c2nn[nH]n2)cc1. The van der Waals surface area contributed by atoms with Crippen LogP contribution in [-0.4, -0.2) is 26.0 Å². The molecule has 0 fully saturated rings. The number of halogens is 1. The molecule has 0 spiro atoms. The predicted octanol–water partition coefficient (Wildman–Crippen LogP) is 2.00. The molecule has 0 atom stereocenters. The zero-order valence-electron chi connectivity index (χ0n) is 8.44. The Morgan fingerprint density at radius 2 is 2.06 bits per heavy atom. The number of nitrogens with one attached hydrogen (secondary N) is 1. The standard InChI is InChI=1S/C11H9BrN4/c12-8-2-1-3-9-4-6-10(7-5-9)11-13-15-16-14-11/h4-7H,2,8H2,(H,13,14,15,16). The fraction of sp³-hybridized carbons (Fsp3) is 0.182. The van der Waals surface area contributed by atoms with Crippen molar-refractivity contribution in [3.8, 4) is 23.2 Å². The molecule has 0 radical (unpaired) electrons. The van der Waals surface area contributed by atoms with E-state index < -0.39 is 0 Å². The number of aromatic amines is 1. The average Bonchev–Trinajstić information content (AvgIpc) is 2.84. The zero-order valence-corrected chi connectivity index (χ0v) is 10.0. The Kier molecular flexibility index (Phi) is 3.67. The van der Waals surface area contributed by atoms with Crippen LogP contribution in [-0.2, 0) is 0 Å². The third-order valence-electron chi connectivity index (χ3n) is 1.94. The van der Waals surface area contributed by atoms with Gasteiger partial charge >= 0.3 is 0 Å². The molecule has 2 aromatic rings. The molecule has 0 bridgehead atoms. The van der Waals surface area contributed by atoms with Crippen molar-refractivity contribution < 1.29 is 0 Å². The van der Waals surface area contributed by atoms with E-state index >= 15 is 0 Å². The van der Waals surface area contributed by atoms with Gasteiger partial charge in [-0.25, -0.2) is 0 Å². The first-order valence-electron chi connectivity index (χ1n) is 4.79. The Morgan fingerprint density at radius 1 is 1.25 bits per heavy atom. The van der Waals surface area contributed by atoms with Crippen molar-refractivity contribution in [2.24, 2.45) is 0 Å². The van der Waals surface area contributed by atoms with Gasteiger partial charge in [-0.1, -0.05) is 27.8 Å². The second-order valence-corrected chi connectivity index (χ2v) is 3.85. The third kappa shape index (κ3) is 2.67. The first kappa shape index (κ1) is 10.8. The normalized spacial score (nSPS) is 9.56. The van der Waals surface area contributed by atoms with Crippen LogP contribution in [0, 0.1) is 11.8 Å². The van der Waals surface area contributed by atoms with Gasteiger partial charge in [-0.2, -0.15) is 5.21 Å². The van der Waals surface area contributed by atoms with Crippen LogP contribution in [0.4, 0.5) is 0 Å². The quantitative estimate of drug-likeness (QED) is 0.674. The minimum Gasteiger partial charge on any atom is -0.177 e. The van der Waals surface area contributed by atoms with Crippen molar-refractivity contribution in [3.63, 3.8) is 0 Å². The first-order valence-corrected chi connectivity index (χ1v) is 5.91. The van der Waals surface area contributed by atoms with Gasteiger partial charge in [-0.15, -0.1) is 10.2 Å². The van der Waals surface area contributed by atoms with E-state index in [1.165, 1.54) is 0 Å². The van der Waals surface area contributed by atoms with Gasteiger partial charge in [0.05, 0.1) is 0 Å². The zero-order chi connectivity index (χ0) is 11.2. The van der Waals surface area contributed by atoms with Gasteiger partial charge in [0, 0.05) is 22.9 Å². The van der Waals surface area contributed by atoms with E-state index in [-0.39, 0.29) is 0 Å². The summed E-state index contributed by atoms with van der Waals surface area (Å²) in [5.74, 6) is 6.73. The molecular formula is C11H9BrN4. The first-order chi connectivity index (χ1) is 7.90. The van der Waals surface area contributed by atoms with Gasteiger partial charge < -0.3 is 0 Å². The molecule has 0 saturated carbocycles. The predicted molar refractivity (Wildman–Crippen MR) is 64.9 cm³/mol. The summed E-state index contributed by atoms with van der Waals surface area (Å²) < 4.78 is 0.